The van der Waals surface area contributed by atoms with Gasteiger partial charge in [0.1, 0.15) is 11.6 Å². The first-order chi connectivity index (χ1) is 11.6. The molecular weight excluding hydrogens is 302 g/mol. The number of para-hydroxylation sites is 1. The molecule has 124 valence electrons. The molecule has 0 aliphatic carbocycles. The predicted octanol–water partition coefficient (Wildman–Crippen LogP) is 3.65. The largest absolute Gasteiger partial charge is 0.480 e. The van der Waals surface area contributed by atoms with E-state index in [0.717, 1.165) is 28.5 Å². The molecule has 0 bridgehead atoms. The summed E-state index contributed by atoms with van der Waals surface area (Å²) in [7, 11) is 0. The molecule has 1 heterocycles. The molecule has 0 aliphatic heterocycles. The SMILES string of the molecule is CC(Cc1coc2ccccc12)N[C@@H](Cc1ccccc1)C(=O)O. The maximum Gasteiger partial charge on any atom is 0.321 e. The van der Waals surface area contributed by atoms with Crippen LogP contribution in [0.5, 0.6) is 0 Å². The fraction of sp³-hybridized carbons (Fsp3) is 0.250. The number of furan rings is 1. The summed E-state index contributed by atoms with van der Waals surface area (Å²) in [5.74, 6) is -0.831. The average molecular weight is 323 g/mol. The molecule has 3 rings (SSSR count). The highest BCUT2D eigenvalue weighted by molar-refractivity contribution is 5.81. The molecule has 4 nitrogen and oxygen atoms in total. The number of hydrogen-bond acceptors (Lipinski definition) is 3. The van der Waals surface area contributed by atoms with Gasteiger partial charge in [0.15, 0.2) is 0 Å². The van der Waals surface area contributed by atoms with Crippen molar-refractivity contribution in [3.05, 3.63) is 72.0 Å². The van der Waals surface area contributed by atoms with Gasteiger partial charge in [-0.15, -0.1) is 0 Å². The van der Waals surface area contributed by atoms with Crippen molar-refractivity contribution in [3.8, 4) is 0 Å². The first-order valence-corrected chi connectivity index (χ1v) is 8.11. The Kier molecular flexibility index (Phi) is 4.96. The van der Waals surface area contributed by atoms with E-state index in [-0.39, 0.29) is 6.04 Å². The van der Waals surface area contributed by atoms with Crippen molar-refractivity contribution in [2.24, 2.45) is 0 Å². The smallest absolute Gasteiger partial charge is 0.321 e. The van der Waals surface area contributed by atoms with Crippen LogP contribution in [0.1, 0.15) is 18.1 Å². The highest BCUT2D eigenvalue weighted by atomic mass is 16.4. The van der Waals surface area contributed by atoms with Gasteiger partial charge in [-0.3, -0.25) is 4.79 Å². The zero-order valence-corrected chi connectivity index (χ0v) is 13.6. The molecule has 0 spiro atoms. The van der Waals surface area contributed by atoms with Gasteiger partial charge in [0, 0.05) is 11.4 Å². The van der Waals surface area contributed by atoms with Gasteiger partial charge in [-0.05, 0) is 37.0 Å². The molecule has 1 aromatic heterocycles. The van der Waals surface area contributed by atoms with E-state index in [0.29, 0.717) is 6.42 Å². The van der Waals surface area contributed by atoms with Crippen LogP contribution < -0.4 is 5.32 Å². The number of carboxylic acids is 1. The van der Waals surface area contributed by atoms with Gasteiger partial charge in [0.05, 0.1) is 6.26 Å². The van der Waals surface area contributed by atoms with Crippen LogP contribution in [0.3, 0.4) is 0 Å². The van der Waals surface area contributed by atoms with E-state index in [1.807, 2.05) is 61.5 Å². The van der Waals surface area contributed by atoms with Crippen molar-refractivity contribution < 1.29 is 14.3 Å². The van der Waals surface area contributed by atoms with Gasteiger partial charge < -0.3 is 14.8 Å². The summed E-state index contributed by atoms with van der Waals surface area (Å²) >= 11 is 0. The highest BCUT2D eigenvalue weighted by Gasteiger charge is 2.20. The lowest BCUT2D eigenvalue weighted by molar-refractivity contribution is -0.139. The van der Waals surface area contributed by atoms with Crippen LogP contribution >= 0.6 is 0 Å². The second-order valence-electron chi connectivity index (χ2n) is 6.11. The minimum atomic E-state index is -0.831. The molecule has 3 aromatic rings. The number of rotatable bonds is 7. The Morgan fingerprint density at radius 1 is 1.08 bits per heavy atom. The summed E-state index contributed by atoms with van der Waals surface area (Å²) in [6.07, 6.45) is 2.94. The van der Waals surface area contributed by atoms with Crippen molar-refractivity contribution in [1.82, 2.24) is 5.32 Å². The molecular formula is C20H21NO3. The molecule has 0 radical (unpaired) electrons. The Morgan fingerprint density at radius 2 is 1.79 bits per heavy atom. The van der Waals surface area contributed by atoms with E-state index in [9.17, 15) is 9.90 Å². The maximum absolute atomic E-state index is 11.6. The maximum atomic E-state index is 11.6. The summed E-state index contributed by atoms with van der Waals surface area (Å²) in [6, 6.07) is 17.0. The molecule has 0 saturated heterocycles. The molecule has 0 saturated carbocycles. The van der Waals surface area contributed by atoms with Crippen molar-refractivity contribution in [3.63, 3.8) is 0 Å². The number of nitrogens with one attached hydrogen (secondary N) is 1. The quantitative estimate of drug-likeness (QED) is 0.697. The van der Waals surface area contributed by atoms with Gasteiger partial charge in [0.2, 0.25) is 0 Å². The van der Waals surface area contributed by atoms with E-state index in [1.54, 1.807) is 6.26 Å². The molecule has 2 aromatic carbocycles. The number of hydrogen-bond donors (Lipinski definition) is 2. The van der Waals surface area contributed by atoms with Crippen LogP contribution in [0.15, 0.2) is 65.3 Å². The number of carboxylic acid groups (broad SMARTS) is 1. The molecule has 0 aliphatic rings. The first kappa shape index (κ1) is 16.3. The Balaban J connectivity index is 1.67. The average Bonchev–Trinajstić information content (AvgIpc) is 2.98. The van der Waals surface area contributed by atoms with Gasteiger partial charge in [0.25, 0.3) is 0 Å². The van der Waals surface area contributed by atoms with Crippen LogP contribution in [-0.4, -0.2) is 23.2 Å². The Hall–Kier alpha value is -2.59. The normalized spacial score (nSPS) is 13.7. The monoisotopic (exact) mass is 323 g/mol. The fourth-order valence-electron chi connectivity index (χ4n) is 2.99. The van der Waals surface area contributed by atoms with E-state index in [2.05, 4.69) is 5.32 Å². The first-order valence-electron chi connectivity index (χ1n) is 8.11. The van der Waals surface area contributed by atoms with Crippen molar-refractivity contribution in [2.75, 3.05) is 0 Å². The Morgan fingerprint density at radius 3 is 2.54 bits per heavy atom. The number of benzene rings is 2. The predicted molar refractivity (Wildman–Crippen MR) is 94.1 cm³/mol. The van der Waals surface area contributed by atoms with Crippen LogP contribution in [0, 0.1) is 0 Å². The van der Waals surface area contributed by atoms with Crippen LogP contribution in [0.4, 0.5) is 0 Å². The molecule has 2 N–H and O–H groups in total. The summed E-state index contributed by atoms with van der Waals surface area (Å²) < 4.78 is 5.55. The molecule has 0 amide bonds. The standard InChI is InChI=1S/C20H21NO3/c1-14(11-16-13-24-19-10-6-5-9-17(16)19)21-18(20(22)23)12-15-7-3-2-4-8-15/h2-10,13-14,18,21H,11-12H2,1H3,(H,22,23)/t14?,18-/m0/s1. The van der Waals surface area contributed by atoms with Crippen LogP contribution in [0.25, 0.3) is 11.0 Å². The minimum Gasteiger partial charge on any atom is -0.480 e. The zero-order valence-electron chi connectivity index (χ0n) is 13.6. The van der Waals surface area contributed by atoms with Crippen molar-refractivity contribution in [1.29, 1.82) is 0 Å². The van der Waals surface area contributed by atoms with Gasteiger partial charge in [-0.1, -0.05) is 48.5 Å². The molecule has 4 heteroatoms. The molecule has 2 atom stereocenters. The lowest BCUT2D eigenvalue weighted by atomic mass is 10.0. The summed E-state index contributed by atoms with van der Waals surface area (Å²) in [5, 5.41) is 13.8. The highest BCUT2D eigenvalue weighted by Crippen LogP contribution is 2.22. The third-order valence-corrected chi connectivity index (χ3v) is 4.15. The number of carbonyl (C=O) groups is 1. The summed E-state index contributed by atoms with van der Waals surface area (Å²) in [4.78, 5) is 11.6. The number of aliphatic carboxylic acids is 1. The van der Waals surface area contributed by atoms with Gasteiger partial charge in [-0.25, -0.2) is 0 Å². The van der Waals surface area contributed by atoms with Crippen molar-refractivity contribution >= 4 is 16.9 Å². The van der Waals surface area contributed by atoms with Gasteiger partial charge in [-0.2, -0.15) is 0 Å². The topological polar surface area (TPSA) is 62.5 Å². The Bertz CT molecular complexity index is 810. The second kappa shape index (κ2) is 7.32. The third-order valence-electron chi connectivity index (χ3n) is 4.15. The number of fused-ring (bicyclic) bond motifs is 1. The third kappa shape index (κ3) is 3.84. The molecule has 1 unspecified atom stereocenters. The van der Waals surface area contributed by atoms with Crippen molar-refractivity contribution in [2.45, 2.75) is 31.8 Å². The zero-order chi connectivity index (χ0) is 16.9. The summed E-state index contributed by atoms with van der Waals surface area (Å²) in [6.45, 7) is 2.00. The van der Waals surface area contributed by atoms with E-state index in [4.69, 9.17) is 4.42 Å². The van der Waals surface area contributed by atoms with E-state index < -0.39 is 12.0 Å². The Labute approximate surface area is 141 Å². The fourth-order valence-corrected chi connectivity index (χ4v) is 2.99. The van der Waals surface area contributed by atoms with Gasteiger partial charge >= 0.3 is 5.97 Å². The lowest BCUT2D eigenvalue weighted by Gasteiger charge is -2.20. The molecule has 0 fully saturated rings. The summed E-state index contributed by atoms with van der Waals surface area (Å²) in [5.41, 5.74) is 2.96. The van der Waals surface area contributed by atoms with Crippen LogP contribution in [0.2, 0.25) is 0 Å². The van der Waals surface area contributed by atoms with E-state index >= 15 is 0 Å². The molecule has 24 heavy (non-hydrogen) atoms. The minimum absolute atomic E-state index is 0.0239. The second-order valence-corrected chi connectivity index (χ2v) is 6.11. The van der Waals surface area contributed by atoms with Crippen LogP contribution in [-0.2, 0) is 17.6 Å². The lowest BCUT2D eigenvalue weighted by Crippen LogP contribution is -2.44. The van der Waals surface area contributed by atoms with E-state index in [1.165, 1.54) is 0 Å².